The molecule has 0 fully saturated rings. The van der Waals surface area contributed by atoms with Crippen molar-refractivity contribution in [2.24, 2.45) is 16.5 Å². The van der Waals surface area contributed by atoms with Gasteiger partial charge in [0.15, 0.2) is 0 Å². The fourth-order valence-corrected chi connectivity index (χ4v) is 3.66. The van der Waals surface area contributed by atoms with Gasteiger partial charge in [-0.25, -0.2) is 0 Å². The zero-order chi connectivity index (χ0) is 10.9. The Hall–Kier alpha value is -0.320. The molecule has 3 nitrogen and oxygen atoms in total. The summed E-state index contributed by atoms with van der Waals surface area (Å²) >= 11 is 0. The second kappa shape index (κ2) is 4.04. The molecule has 0 atom stereocenters. The molecule has 4 heteroatoms. The molecule has 0 saturated carbocycles. The molecule has 0 saturated heterocycles. The summed E-state index contributed by atoms with van der Waals surface area (Å²) in [7, 11) is -0.792. The second-order valence-electron chi connectivity index (χ2n) is 4.18. The zero-order valence-corrected chi connectivity index (χ0v) is 10.3. The van der Waals surface area contributed by atoms with Gasteiger partial charge >= 0.3 is 0 Å². The van der Waals surface area contributed by atoms with Gasteiger partial charge in [-0.3, -0.25) is 4.99 Å². The highest BCUT2D eigenvalue weighted by Crippen LogP contribution is 2.56. The summed E-state index contributed by atoms with van der Waals surface area (Å²) in [6.45, 7) is 4.27. The van der Waals surface area contributed by atoms with Gasteiger partial charge in [0, 0.05) is 5.70 Å². The molecule has 0 spiro atoms. The van der Waals surface area contributed by atoms with Crippen LogP contribution < -0.4 is 11.5 Å². The molecule has 82 valence electrons. The van der Waals surface area contributed by atoms with Gasteiger partial charge in [0.05, 0.1) is 11.2 Å². The normalized spacial score (nSPS) is 22.9. The van der Waals surface area contributed by atoms with Gasteiger partial charge < -0.3 is 11.5 Å². The molecule has 0 unspecified atom stereocenters. The molecule has 0 radical (unpaired) electrons. The monoisotopic (exact) mass is 215 g/mol. The summed E-state index contributed by atoms with van der Waals surface area (Å²) in [5.41, 5.74) is 12.3. The van der Waals surface area contributed by atoms with Crippen LogP contribution in [0.2, 0.25) is 0 Å². The minimum Gasteiger partial charge on any atom is -0.316 e. The van der Waals surface area contributed by atoms with E-state index in [1.54, 1.807) is 0 Å². The SMILES string of the molecule is CC1=C(C)S(C)(C)C(CCC(N)N)=N1. The molecule has 0 aromatic heterocycles. The molecule has 0 aromatic carbocycles. The summed E-state index contributed by atoms with van der Waals surface area (Å²) in [6, 6.07) is 0. The summed E-state index contributed by atoms with van der Waals surface area (Å²) in [5, 5.41) is 1.30. The molecule has 1 heterocycles. The maximum Gasteiger partial charge on any atom is 0.0599 e. The zero-order valence-electron chi connectivity index (χ0n) is 9.50. The number of hydrogen-bond acceptors (Lipinski definition) is 3. The Bertz CT molecular complexity index is 290. The molecule has 0 aromatic rings. The molecule has 14 heavy (non-hydrogen) atoms. The smallest absolute Gasteiger partial charge is 0.0599 e. The fraction of sp³-hybridized carbons (Fsp3) is 0.700. The van der Waals surface area contributed by atoms with E-state index >= 15 is 0 Å². The van der Waals surface area contributed by atoms with E-state index < -0.39 is 10.0 Å². The predicted octanol–water partition coefficient (Wildman–Crippen LogP) is 1.74. The van der Waals surface area contributed by atoms with Gasteiger partial charge in [-0.15, -0.1) is 0 Å². The topological polar surface area (TPSA) is 64.4 Å². The van der Waals surface area contributed by atoms with Crippen LogP contribution in [0.25, 0.3) is 0 Å². The number of aliphatic imine (C=N–C) groups is 1. The fourth-order valence-electron chi connectivity index (χ4n) is 1.53. The third-order valence-electron chi connectivity index (χ3n) is 2.85. The Balaban J connectivity index is 2.71. The van der Waals surface area contributed by atoms with Crippen molar-refractivity contribution < 1.29 is 0 Å². The third-order valence-corrected chi connectivity index (χ3v) is 6.15. The van der Waals surface area contributed by atoms with E-state index in [1.165, 1.54) is 15.6 Å². The van der Waals surface area contributed by atoms with Crippen molar-refractivity contribution >= 4 is 15.1 Å². The molecule has 4 N–H and O–H groups in total. The quantitative estimate of drug-likeness (QED) is 0.704. The van der Waals surface area contributed by atoms with Crippen LogP contribution in [0.5, 0.6) is 0 Å². The Morgan fingerprint density at radius 2 is 1.86 bits per heavy atom. The van der Waals surface area contributed by atoms with Gasteiger partial charge in [-0.1, -0.05) is 0 Å². The molecule has 0 bridgehead atoms. The first kappa shape index (κ1) is 11.8. The van der Waals surface area contributed by atoms with Crippen LogP contribution in [0, 0.1) is 0 Å². The summed E-state index contributed by atoms with van der Waals surface area (Å²) < 4.78 is 0. The minimum absolute atomic E-state index is 0.214. The van der Waals surface area contributed by atoms with Crippen LogP contribution in [0.15, 0.2) is 15.6 Å². The molecular formula is C10H21N3S. The summed E-state index contributed by atoms with van der Waals surface area (Å²) in [5.74, 6) is 0. The molecule has 0 amide bonds. The highest BCUT2D eigenvalue weighted by atomic mass is 32.3. The number of hydrogen-bond donors (Lipinski definition) is 2. The van der Waals surface area contributed by atoms with E-state index in [0.29, 0.717) is 0 Å². The first-order chi connectivity index (χ1) is 6.35. The average molecular weight is 215 g/mol. The molecular weight excluding hydrogens is 194 g/mol. The van der Waals surface area contributed by atoms with Crippen molar-refractivity contribution in [2.75, 3.05) is 12.5 Å². The average Bonchev–Trinajstić information content (AvgIpc) is 2.26. The Kier molecular flexibility index (Phi) is 3.40. The van der Waals surface area contributed by atoms with E-state index in [1.807, 2.05) is 0 Å². The highest BCUT2D eigenvalue weighted by molar-refractivity contribution is 8.47. The van der Waals surface area contributed by atoms with Crippen LogP contribution in [0.4, 0.5) is 0 Å². The lowest BCUT2D eigenvalue weighted by Crippen LogP contribution is -2.31. The Morgan fingerprint density at radius 1 is 1.29 bits per heavy atom. The van der Waals surface area contributed by atoms with Crippen LogP contribution in [0.3, 0.4) is 0 Å². The number of rotatable bonds is 3. The van der Waals surface area contributed by atoms with Crippen LogP contribution in [0.1, 0.15) is 26.7 Å². The van der Waals surface area contributed by atoms with E-state index in [9.17, 15) is 0 Å². The maximum absolute atomic E-state index is 5.55. The first-order valence-electron chi connectivity index (χ1n) is 4.85. The van der Waals surface area contributed by atoms with E-state index in [0.717, 1.165) is 12.8 Å². The van der Waals surface area contributed by atoms with Gasteiger partial charge in [-0.05, 0) is 44.1 Å². The van der Waals surface area contributed by atoms with Crippen molar-refractivity contribution in [1.29, 1.82) is 0 Å². The molecule has 1 aliphatic rings. The van der Waals surface area contributed by atoms with Crippen molar-refractivity contribution in [3.8, 4) is 0 Å². The van der Waals surface area contributed by atoms with E-state index in [-0.39, 0.29) is 6.17 Å². The second-order valence-corrected chi connectivity index (χ2v) is 7.91. The van der Waals surface area contributed by atoms with Gasteiger partial charge in [-0.2, -0.15) is 10.0 Å². The Labute approximate surface area is 88.0 Å². The summed E-state index contributed by atoms with van der Waals surface area (Å²) in [6.07, 6.45) is 6.14. The molecule has 0 aliphatic carbocycles. The van der Waals surface area contributed by atoms with Crippen molar-refractivity contribution in [2.45, 2.75) is 32.9 Å². The molecule has 1 aliphatic heterocycles. The number of nitrogens with zero attached hydrogens (tertiary/aromatic N) is 1. The number of allylic oxidation sites excluding steroid dienone is 2. The predicted molar refractivity (Wildman–Crippen MR) is 66.6 cm³/mol. The third kappa shape index (κ3) is 2.19. The van der Waals surface area contributed by atoms with Crippen LogP contribution >= 0.6 is 10.0 Å². The van der Waals surface area contributed by atoms with Gasteiger partial charge in [0.2, 0.25) is 0 Å². The van der Waals surface area contributed by atoms with E-state index in [4.69, 9.17) is 11.5 Å². The van der Waals surface area contributed by atoms with Gasteiger partial charge in [0.25, 0.3) is 0 Å². The van der Waals surface area contributed by atoms with Crippen LogP contribution in [-0.2, 0) is 0 Å². The lowest BCUT2D eigenvalue weighted by atomic mass is 10.3. The maximum atomic E-state index is 5.55. The number of nitrogens with two attached hydrogens (primary N) is 2. The largest absolute Gasteiger partial charge is 0.316 e. The van der Waals surface area contributed by atoms with Crippen molar-refractivity contribution in [3.63, 3.8) is 0 Å². The summed E-state index contributed by atoms with van der Waals surface area (Å²) in [4.78, 5) is 6.06. The van der Waals surface area contributed by atoms with Crippen LogP contribution in [-0.4, -0.2) is 23.7 Å². The van der Waals surface area contributed by atoms with E-state index in [2.05, 4.69) is 31.4 Å². The van der Waals surface area contributed by atoms with Gasteiger partial charge in [0.1, 0.15) is 0 Å². The molecule has 1 rings (SSSR count). The highest BCUT2D eigenvalue weighted by Gasteiger charge is 2.27. The van der Waals surface area contributed by atoms with Crippen molar-refractivity contribution in [1.82, 2.24) is 0 Å². The van der Waals surface area contributed by atoms with Crippen molar-refractivity contribution in [3.05, 3.63) is 10.6 Å². The first-order valence-corrected chi connectivity index (χ1v) is 7.30. The Morgan fingerprint density at radius 3 is 2.21 bits per heavy atom. The standard InChI is InChI=1S/C10H21N3S/c1-7-8(2)14(3,4)10(13-7)6-5-9(11)12/h9H,5-6,11-12H2,1-4H3. The minimum atomic E-state index is -0.792. The lowest BCUT2D eigenvalue weighted by molar-refractivity contribution is 0.660. The lowest BCUT2D eigenvalue weighted by Gasteiger charge is -2.29.